The van der Waals surface area contributed by atoms with E-state index in [2.05, 4.69) is 12.2 Å². The van der Waals surface area contributed by atoms with Crippen LogP contribution in [0.4, 0.5) is 0 Å². The lowest BCUT2D eigenvalue weighted by Crippen LogP contribution is -2.18. The fraction of sp³-hybridized carbons (Fsp3) is 0.250. The summed E-state index contributed by atoms with van der Waals surface area (Å²) in [6, 6.07) is 11.7. The Balaban J connectivity index is 1.67. The Morgan fingerprint density at radius 3 is 2.71 bits per heavy atom. The highest BCUT2D eigenvalue weighted by molar-refractivity contribution is 6.35. The monoisotopic (exact) mass is 323 g/mol. The molecular weight excluding hydrogens is 309 g/mol. The summed E-state index contributed by atoms with van der Waals surface area (Å²) in [5.41, 5.74) is 2.16. The van der Waals surface area contributed by atoms with Gasteiger partial charge in [-0.25, -0.2) is 0 Å². The number of rotatable bonds is 4. The molecule has 0 amide bonds. The van der Waals surface area contributed by atoms with Gasteiger partial charge in [0, 0.05) is 22.6 Å². The molecule has 2 aromatic rings. The Hall–Kier alpha value is -1.42. The first-order valence-corrected chi connectivity index (χ1v) is 7.46. The molecule has 1 aliphatic rings. The summed E-state index contributed by atoms with van der Waals surface area (Å²) in [6.45, 7) is 3.06. The van der Waals surface area contributed by atoms with E-state index in [1.807, 2.05) is 30.3 Å². The van der Waals surface area contributed by atoms with Crippen LogP contribution in [0.2, 0.25) is 10.0 Å². The van der Waals surface area contributed by atoms with Crippen molar-refractivity contribution in [2.45, 2.75) is 19.5 Å². The Morgan fingerprint density at radius 1 is 1.10 bits per heavy atom. The molecule has 21 heavy (non-hydrogen) atoms. The molecule has 0 saturated carbocycles. The maximum Gasteiger partial charge on any atom is 0.231 e. The zero-order chi connectivity index (χ0) is 14.8. The van der Waals surface area contributed by atoms with Crippen molar-refractivity contribution in [2.75, 3.05) is 6.79 Å². The molecule has 3 nitrogen and oxygen atoms in total. The van der Waals surface area contributed by atoms with Gasteiger partial charge in [-0.1, -0.05) is 35.3 Å². The normalized spacial score (nSPS) is 14.2. The third-order valence-corrected chi connectivity index (χ3v) is 4.10. The molecule has 1 N–H and O–H groups in total. The minimum absolute atomic E-state index is 0.172. The number of nitrogens with one attached hydrogen (secondary N) is 1. The predicted octanol–water partition coefficient (Wildman–Crippen LogP) is 4.57. The third kappa shape index (κ3) is 3.26. The Kier molecular flexibility index (Phi) is 4.24. The van der Waals surface area contributed by atoms with Crippen molar-refractivity contribution < 1.29 is 9.47 Å². The summed E-state index contributed by atoms with van der Waals surface area (Å²) in [5, 5.41) is 4.76. The topological polar surface area (TPSA) is 30.5 Å². The van der Waals surface area contributed by atoms with Crippen LogP contribution < -0.4 is 14.8 Å². The number of benzene rings is 2. The number of ether oxygens (including phenoxy) is 2. The quantitative estimate of drug-likeness (QED) is 0.893. The van der Waals surface area contributed by atoms with Gasteiger partial charge in [-0.15, -0.1) is 0 Å². The SMILES string of the molecule is CC(NCc1ccc(Cl)cc1Cl)c1ccc2c(c1)OCO2. The van der Waals surface area contributed by atoms with E-state index in [4.69, 9.17) is 32.7 Å². The standard InChI is InChI=1S/C16H15Cl2NO2/c1-10(11-3-5-15-16(6-11)21-9-20-15)19-8-12-2-4-13(17)7-14(12)18/h2-7,10,19H,8-9H2,1H3. The van der Waals surface area contributed by atoms with Crippen LogP contribution in [0.1, 0.15) is 24.1 Å². The number of hydrogen-bond acceptors (Lipinski definition) is 3. The largest absolute Gasteiger partial charge is 0.454 e. The first kappa shape index (κ1) is 14.5. The summed E-state index contributed by atoms with van der Waals surface area (Å²) >= 11 is 12.1. The molecule has 110 valence electrons. The lowest BCUT2D eigenvalue weighted by atomic mass is 10.1. The second-order valence-electron chi connectivity index (χ2n) is 4.95. The van der Waals surface area contributed by atoms with E-state index in [9.17, 15) is 0 Å². The van der Waals surface area contributed by atoms with Crippen molar-refractivity contribution in [3.63, 3.8) is 0 Å². The van der Waals surface area contributed by atoms with Crippen molar-refractivity contribution in [1.82, 2.24) is 5.32 Å². The van der Waals surface area contributed by atoms with Gasteiger partial charge in [0.05, 0.1) is 0 Å². The van der Waals surface area contributed by atoms with Crippen molar-refractivity contribution in [3.05, 3.63) is 57.6 Å². The van der Waals surface area contributed by atoms with Crippen molar-refractivity contribution >= 4 is 23.2 Å². The maximum atomic E-state index is 6.17. The van der Waals surface area contributed by atoms with Gasteiger partial charge in [0.1, 0.15) is 0 Å². The summed E-state index contributed by atoms with van der Waals surface area (Å²) in [6.07, 6.45) is 0. The second-order valence-corrected chi connectivity index (χ2v) is 5.79. The van der Waals surface area contributed by atoms with E-state index in [1.54, 1.807) is 6.07 Å². The Bertz CT molecular complexity index is 661. The number of hydrogen-bond donors (Lipinski definition) is 1. The first-order chi connectivity index (χ1) is 10.1. The molecule has 0 spiro atoms. The van der Waals surface area contributed by atoms with Gasteiger partial charge in [0.15, 0.2) is 11.5 Å². The zero-order valence-corrected chi connectivity index (χ0v) is 13.0. The minimum atomic E-state index is 0.172. The van der Waals surface area contributed by atoms with E-state index in [0.29, 0.717) is 23.4 Å². The lowest BCUT2D eigenvalue weighted by Gasteiger charge is -2.15. The van der Waals surface area contributed by atoms with Gasteiger partial charge >= 0.3 is 0 Å². The fourth-order valence-electron chi connectivity index (χ4n) is 2.23. The van der Waals surface area contributed by atoms with Crippen LogP contribution in [0.15, 0.2) is 36.4 Å². The number of fused-ring (bicyclic) bond motifs is 1. The van der Waals surface area contributed by atoms with E-state index in [-0.39, 0.29) is 6.04 Å². The summed E-state index contributed by atoms with van der Waals surface area (Å²) in [7, 11) is 0. The average molecular weight is 324 g/mol. The molecule has 0 aromatic heterocycles. The molecule has 0 bridgehead atoms. The van der Waals surface area contributed by atoms with Crippen LogP contribution in [0.3, 0.4) is 0 Å². The van der Waals surface area contributed by atoms with Crippen LogP contribution in [-0.4, -0.2) is 6.79 Å². The van der Waals surface area contributed by atoms with Gasteiger partial charge in [0.25, 0.3) is 0 Å². The minimum Gasteiger partial charge on any atom is -0.454 e. The third-order valence-electron chi connectivity index (χ3n) is 3.51. The van der Waals surface area contributed by atoms with E-state index >= 15 is 0 Å². The van der Waals surface area contributed by atoms with Gasteiger partial charge in [0.2, 0.25) is 6.79 Å². The molecule has 0 saturated heterocycles. The highest BCUT2D eigenvalue weighted by atomic mass is 35.5. The van der Waals surface area contributed by atoms with Crippen molar-refractivity contribution in [3.8, 4) is 11.5 Å². The predicted molar refractivity (Wildman–Crippen MR) is 84.3 cm³/mol. The van der Waals surface area contributed by atoms with Crippen molar-refractivity contribution in [1.29, 1.82) is 0 Å². The first-order valence-electron chi connectivity index (χ1n) is 6.70. The molecule has 0 fully saturated rings. The van der Waals surface area contributed by atoms with Crippen LogP contribution in [-0.2, 0) is 6.54 Å². The molecule has 1 heterocycles. The van der Waals surface area contributed by atoms with Crippen LogP contribution in [0, 0.1) is 0 Å². The van der Waals surface area contributed by atoms with Gasteiger partial charge in [-0.3, -0.25) is 0 Å². The Morgan fingerprint density at radius 2 is 1.90 bits per heavy atom. The molecule has 1 unspecified atom stereocenters. The fourth-order valence-corrected chi connectivity index (χ4v) is 2.70. The van der Waals surface area contributed by atoms with Crippen LogP contribution in [0.5, 0.6) is 11.5 Å². The van der Waals surface area contributed by atoms with Gasteiger partial charge < -0.3 is 14.8 Å². The smallest absolute Gasteiger partial charge is 0.231 e. The summed E-state index contributed by atoms with van der Waals surface area (Å²) in [4.78, 5) is 0. The molecular formula is C16H15Cl2NO2. The molecule has 5 heteroatoms. The second kappa shape index (κ2) is 6.14. The van der Waals surface area contributed by atoms with E-state index in [0.717, 1.165) is 22.6 Å². The highest BCUT2D eigenvalue weighted by Crippen LogP contribution is 2.34. The average Bonchev–Trinajstić information content (AvgIpc) is 2.93. The zero-order valence-electron chi connectivity index (χ0n) is 11.5. The maximum absolute atomic E-state index is 6.17. The molecule has 2 aromatic carbocycles. The van der Waals surface area contributed by atoms with Gasteiger partial charge in [-0.2, -0.15) is 0 Å². The van der Waals surface area contributed by atoms with Crippen LogP contribution in [0.25, 0.3) is 0 Å². The van der Waals surface area contributed by atoms with E-state index in [1.165, 1.54) is 0 Å². The van der Waals surface area contributed by atoms with Gasteiger partial charge in [-0.05, 0) is 42.3 Å². The summed E-state index contributed by atoms with van der Waals surface area (Å²) < 4.78 is 10.7. The summed E-state index contributed by atoms with van der Waals surface area (Å²) in [5.74, 6) is 1.59. The molecule has 0 aliphatic carbocycles. The molecule has 0 radical (unpaired) electrons. The Labute approximate surface area is 133 Å². The molecule has 1 atom stereocenters. The van der Waals surface area contributed by atoms with E-state index < -0.39 is 0 Å². The van der Waals surface area contributed by atoms with Crippen molar-refractivity contribution in [2.24, 2.45) is 0 Å². The lowest BCUT2D eigenvalue weighted by molar-refractivity contribution is 0.174. The number of halogens is 2. The highest BCUT2D eigenvalue weighted by Gasteiger charge is 2.15. The molecule has 1 aliphatic heterocycles. The molecule has 3 rings (SSSR count). The van der Waals surface area contributed by atoms with Crippen LogP contribution >= 0.6 is 23.2 Å².